The van der Waals surface area contributed by atoms with Crippen LogP contribution in [0.2, 0.25) is 0 Å². The van der Waals surface area contributed by atoms with Gasteiger partial charge < -0.3 is 15.5 Å². The van der Waals surface area contributed by atoms with Crippen molar-refractivity contribution in [3.63, 3.8) is 0 Å². The van der Waals surface area contributed by atoms with Gasteiger partial charge in [-0.3, -0.25) is 4.79 Å². The number of hydrogen-bond acceptors (Lipinski definition) is 3. The number of benzene rings is 3. The van der Waals surface area contributed by atoms with E-state index >= 15 is 0 Å². The Labute approximate surface area is 144 Å². The van der Waals surface area contributed by atoms with Crippen LogP contribution in [0.5, 0.6) is 5.75 Å². The van der Waals surface area contributed by atoms with Gasteiger partial charge in [-0.15, -0.1) is 0 Å². The third-order valence-corrected chi connectivity index (χ3v) is 3.65. The first-order chi connectivity index (χ1) is 12.0. The van der Waals surface area contributed by atoms with Crippen LogP contribution in [-0.4, -0.2) is 22.1 Å². The molecule has 3 aromatic carbocycles. The highest BCUT2D eigenvalue weighted by atomic mass is 16.4. The Morgan fingerprint density at radius 3 is 2.20 bits per heavy atom. The summed E-state index contributed by atoms with van der Waals surface area (Å²) in [7, 11) is 0. The number of phenols is 1. The minimum absolute atomic E-state index is 0.0456. The van der Waals surface area contributed by atoms with E-state index in [1.807, 2.05) is 6.07 Å². The highest BCUT2D eigenvalue weighted by Gasteiger charge is 2.12. The van der Waals surface area contributed by atoms with Crippen molar-refractivity contribution in [1.82, 2.24) is 0 Å². The highest BCUT2D eigenvalue weighted by Crippen LogP contribution is 2.27. The zero-order valence-corrected chi connectivity index (χ0v) is 13.1. The number of nitrogens with one attached hydrogen (secondary N) is 1. The average Bonchev–Trinajstić information content (AvgIpc) is 2.62. The molecule has 0 aliphatic rings. The largest absolute Gasteiger partial charge is 0.508 e. The molecule has 0 aliphatic heterocycles. The number of aromatic hydroxyl groups is 1. The van der Waals surface area contributed by atoms with Crippen LogP contribution in [0.3, 0.4) is 0 Å². The van der Waals surface area contributed by atoms with Crippen LogP contribution in [-0.2, 0) is 0 Å². The van der Waals surface area contributed by atoms with Crippen molar-refractivity contribution in [1.29, 1.82) is 0 Å². The summed E-state index contributed by atoms with van der Waals surface area (Å²) in [6.45, 7) is 0. The lowest BCUT2D eigenvalue weighted by atomic mass is 10.0. The van der Waals surface area contributed by atoms with Gasteiger partial charge in [0.05, 0.1) is 5.56 Å². The molecule has 0 saturated carbocycles. The Morgan fingerprint density at radius 1 is 0.760 bits per heavy atom. The zero-order valence-electron chi connectivity index (χ0n) is 13.1. The van der Waals surface area contributed by atoms with Crippen molar-refractivity contribution < 1.29 is 19.8 Å². The molecule has 0 aliphatic carbocycles. The van der Waals surface area contributed by atoms with E-state index in [-0.39, 0.29) is 17.2 Å². The molecule has 0 atom stereocenters. The quantitative estimate of drug-likeness (QED) is 0.673. The van der Waals surface area contributed by atoms with E-state index in [0.717, 1.165) is 0 Å². The van der Waals surface area contributed by atoms with Gasteiger partial charge in [-0.25, -0.2) is 4.79 Å². The Morgan fingerprint density at radius 2 is 1.52 bits per heavy atom. The van der Waals surface area contributed by atoms with Gasteiger partial charge in [0.1, 0.15) is 5.75 Å². The summed E-state index contributed by atoms with van der Waals surface area (Å²) in [5, 5.41) is 21.7. The Bertz CT molecular complexity index is 935. The van der Waals surface area contributed by atoms with Crippen LogP contribution in [0, 0.1) is 0 Å². The maximum atomic E-state index is 12.3. The maximum absolute atomic E-state index is 12.3. The van der Waals surface area contributed by atoms with Crippen LogP contribution < -0.4 is 5.32 Å². The lowest BCUT2D eigenvalue weighted by molar-refractivity contribution is 0.0696. The minimum Gasteiger partial charge on any atom is -0.508 e. The number of hydrogen-bond donors (Lipinski definition) is 3. The van der Waals surface area contributed by atoms with Crippen LogP contribution in [0.4, 0.5) is 5.69 Å². The monoisotopic (exact) mass is 333 g/mol. The number of carboxylic acid groups (broad SMARTS) is 1. The second-order valence-electron chi connectivity index (χ2n) is 5.47. The fourth-order valence-electron chi connectivity index (χ4n) is 2.47. The molecule has 5 nitrogen and oxygen atoms in total. The Hall–Kier alpha value is -3.60. The van der Waals surface area contributed by atoms with Crippen molar-refractivity contribution in [2.24, 2.45) is 0 Å². The second-order valence-corrected chi connectivity index (χ2v) is 5.47. The molecule has 124 valence electrons. The van der Waals surface area contributed by atoms with Crippen molar-refractivity contribution in [3.8, 4) is 16.9 Å². The van der Waals surface area contributed by atoms with E-state index in [2.05, 4.69) is 5.32 Å². The smallest absolute Gasteiger partial charge is 0.335 e. The number of anilines is 1. The van der Waals surface area contributed by atoms with Crippen LogP contribution >= 0.6 is 0 Å². The SMILES string of the molecule is O=C(O)c1cc(NC(=O)c2ccccc2)cc(-c2cccc(O)c2)c1. The summed E-state index contributed by atoms with van der Waals surface area (Å²) < 4.78 is 0. The molecule has 0 fully saturated rings. The molecule has 1 amide bonds. The van der Waals surface area contributed by atoms with Crippen LogP contribution in [0.25, 0.3) is 11.1 Å². The van der Waals surface area contributed by atoms with Gasteiger partial charge in [0, 0.05) is 11.3 Å². The maximum Gasteiger partial charge on any atom is 0.335 e. The summed E-state index contributed by atoms with van der Waals surface area (Å²) in [5.41, 5.74) is 2.12. The third kappa shape index (κ3) is 3.84. The predicted molar refractivity (Wildman–Crippen MR) is 94.9 cm³/mol. The zero-order chi connectivity index (χ0) is 17.8. The molecule has 0 radical (unpaired) electrons. The van der Waals surface area contributed by atoms with Gasteiger partial charge in [0.2, 0.25) is 0 Å². The molecule has 0 bridgehead atoms. The van der Waals surface area contributed by atoms with E-state index in [9.17, 15) is 19.8 Å². The average molecular weight is 333 g/mol. The van der Waals surface area contributed by atoms with E-state index < -0.39 is 5.97 Å². The Kier molecular flexibility index (Phi) is 4.48. The van der Waals surface area contributed by atoms with Gasteiger partial charge in [0.25, 0.3) is 5.91 Å². The molecule has 0 aromatic heterocycles. The molecule has 3 rings (SSSR count). The normalized spacial score (nSPS) is 10.2. The molecular formula is C20H15NO4. The molecular weight excluding hydrogens is 318 g/mol. The van der Waals surface area contributed by atoms with Crippen molar-refractivity contribution >= 4 is 17.6 Å². The van der Waals surface area contributed by atoms with E-state index in [4.69, 9.17) is 0 Å². The van der Waals surface area contributed by atoms with Crippen LogP contribution in [0.15, 0.2) is 72.8 Å². The van der Waals surface area contributed by atoms with Crippen LogP contribution in [0.1, 0.15) is 20.7 Å². The van der Waals surface area contributed by atoms with Gasteiger partial charge in [-0.05, 0) is 53.6 Å². The van der Waals surface area contributed by atoms with Gasteiger partial charge in [-0.1, -0.05) is 30.3 Å². The standard InChI is InChI=1S/C20H15NO4/c22-18-8-4-7-14(12-18)15-9-16(20(24)25)11-17(10-15)21-19(23)13-5-2-1-3-6-13/h1-12,22H,(H,21,23)(H,24,25). The van der Waals surface area contributed by atoms with Crippen molar-refractivity contribution in [2.75, 3.05) is 5.32 Å². The number of carbonyl (C=O) groups excluding carboxylic acids is 1. The molecule has 5 heteroatoms. The molecule has 0 saturated heterocycles. The minimum atomic E-state index is -1.10. The second kappa shape index (κ2) is 6.88. The summed E-state index contributed by atoms with van der Waals surface area (Å²) in [5.74, 6) is -1.35. The molecule has 3 aromatic rings. The molecule has 0 heterocycles. The molecule has 25 heavy (non-hydrogen) atoms. The Balaban J connectivity index is 1.99. The van der Waals surface area contributed by atoms with E-state index in [0.29, 0.717) is 22.4 Å². The van der Waals surface area contributed by atoms with Crippen molar-refractivity contribution in [2.45, 2.75) is 0 Å². The number of aromatic carboxylic acids is 1. The fraction of sp³-hybridized carbons (Fsp3) is 0. The lowest BCUT2D eigenvalue weighted by Crippen LogP contribution is -2.12. The van der Waals surface area contributed by atoms with Gasteiger partial charge >= 0.3 is 5.97 Å². The summed E-state index contributed by atoms with van der Waals surface area (Å²) >= 11 is 0. The number of rotatable bonds is 4. The van der Waals surface area contributed by atoms with Gasteiger partial charge in [0.15, 0.2) is 0 Å². The fourth-order valence-corrected chi connectivity index (χ4v) is 2.47. The number of carbonyl (C=O) groups is 2. The van der Waals surface area contributed by atoms with Gasteiger partial charge in [-0.2, -0.15) is 0 Å². The van der Waals surface area contributed by atoms with Crippen molar-refractivity contribution in [3.05, 3.63) is 83.9 Å². The summed E-state index contributed by atoms with van der Waals surface area (Å²) in [4.78, 5) is 23.7. The topological polar surface area (TPSA) is 86.6 Å². The first-order valence-electron chi connectivity index (χ1n) is 7.57. The van der Waals surface area contributed by atoms with E-state index in [1.165, 1.54) is 24.3 Å². The molecule has 0 unspecified atom stereocenters. The number of carboxylic acids is 1. The highest BCUT2D eigenvalue weighted by molar-refractivity contribution is 6.05. The first kappa shape index (κ1) is 16.3. The predicted octanol–water partition coefficient (Wildman–Crippen LogP) is 4.01. The summed E-state index contributed by atoms with van der Waals surface area (Å²) in [6.07, 6.45) is 0. The lowest BCUT2D eigenvalue weighted by Gasteiger charge is -2.10. The summed E-state index contributed by atoms with van der Waals surface area (Å²) in [6, 6.07) is 19.7. The van der Waals surface area contributed by atoms with E-state index in [1.54, 1.807) is 42.5 Å². The molecule has 3 N–H and O–H groups in total. The third-order valence-electron chi connectivity index (χ3n) is 3.65. The molecule has 0 spiro atoms. The first-order valence-corrected chi connectivity index (χ1v) is 7.57. The number of phenolic OH excluding ortho intramolecular Hbond substituents is 1. The number of amides is 1.